The number of carbonyl (C=O) groups excluding carboxylic acids is 2. The first-order chi connectivity index (χ1) is 5.61. The molecule has 0 spiro atoms. The Labute approximate surface area is 71.6 Å². The number of methoxy groups -OCH3 is 1. The molecule has 0 aromatic carbocycles. The van der Waals surface area contributed by atoms with E-state index in [4.69, 9.17) is 0 Å². The highest BCUT2D eigenvalue weighted by Gasteiger charge is 2.15. The van der Waals surface area contributed by atoms with Gasteiger partial charge in [-0.1, -0.05) is 12.2 Å². The highest BCUT2D eigenvalue weighted by atomic mass is 16.5. The number of hydrogen-bond acceptors (Lipinski definition) is 3. The minimum Gasteiger partial charge on any atom is -0.467 e. The molecular weight excluding hydrogens is 158 g/mol. The second-order valence-corrected chi connectivity index (χ2v) is 2.23. The van der Waals surface area contributed by atoms with Gasteiger partial charge in [0, 0.05) is 6.92 Å². The summed E-state index contributed by atoms with van der Waals surface area (Å²) in [4.78, 5) is 21.5. The van der Waals surface area contributed by atoms with Crippen LogP contribution >= 0.6 is 0 Å². The molecule has 12 heavy (non-hydrogen) atoms. The highest BCUT2D eigenvalue weighted by molar-refractivity contribution is 5.84. The summed E-state index contributed by atoms with van der Waals surface area (Å²) in [6.07, 6.45) is 3.24. The number of rotatable bonds is 3. The van der Waals surface area contributed by atoms with E-state index < -0.39 is 12.0 Å². The van der Waals surface area contributed by atoms with Gasteiger partial charge in [-0.15, -0.1) is 0 Å². The molecule has 1 atom stereocenters. The van der Waals surface area contributed by atoms with Crippen LogP contribution < -0.4 is 5.32 Å². The molecule has 0 bridgehead atoms. The molecule has 0 saturated heterocycles. The number of esters is 1. The molecule has 0 rings (SSSR count). The molecule has 0 aromatic heterocycles. The SMILES string of the molecule is C/C=C/[C@H](NC(C)=O)C(=O)OC. The van der Waals surface area contributed by atoms with E-state index in [-0.39, 0.29) is 5.91 Å². The Morgan fingerprint density at radius 3 is 2.42 bits per heavy atom. The highest BCUT2D eigenvalue weighted by Crippen LogP contribution is 1.90. The lowest BCUT2D eigenvalue weighted by molar-refractivity contribution is -0.143. The van der Waals surface area contributed by atoms with Gasteiger partial charge in [-0.05, 0) is 6.92 Å². The van der Waals surface area contributed by atoms with Gasteiger partial charge >= 0.3 is 5.97 Å². The topological polar surface area (TPSA) is 55.4 Å². The molecule has 0 heterocycles. The Balaban J connectivity index is 4.22. The maximum atomic E-state index is 10.9. The summed E-state index contributed by atoms with van der Waals surface area (Å²) in [5.41, 5.74) is 0. The van der Waals surface area contributed by atoms with Crippen LogP contribution in [0.3, 0.4) is 0 Å². The standard InChI is InChI=1S/C8H13NO3/c1-4-5-7(8(11)12-3)9-6(2)10/h4-5,7H,1-3H3,(H,9,10)/b5-4+/t7-/m0/s1. The largest absolute Gasteiger partial charge is 0.467 e. The quantitative estimate of drug-likeness (QED) is 0.489. The molecule has 0 aliphatic rings. The molecule has 0 radical (unpaired) electrons. The molecule has 1 N–H and O–H groups in total. The van der Waals surface area contributed by atoms with Crippen LogP contribution in [0.4, 0.5) is 0 Å². The van der Waals surface area contributed by atoms with Gasteiger partial charge < -0.3 is 10.1 Å². The van der Waals surface area contributed by atoms with Crippen molar-refractivity contribution in [1.29, 1.82) is 0 Å². The molecule has 0 fully saturated rings. The Kier molecular flexibility index (Phi) is 4.76. The number of nitrogens with one attached hydrogen (secondary N) is 1. The minimum atomic E-state index is -0.669. The van der Waals surface area contributed by atoms with Crippen LogP contribution in [0.2, 0.25) is 0 Å². The van der Waals surface area contributed by atoms with Gasteiger partial charge in [0.15, 0.2) is 0 Å². The molecule has 68 valence electrons. The molecule has 1 amide bonds. The van der Waals surface area contributed by atoms with Crippen LogP contribution in [0.5, 0.6) is 0 Å². The van der Waals surface area contributed by atoms with Gasteiger partial charge in [0.1, 0.15) is 6.04 Å². The van der Waals surface area contributed by atoms with Crippen molar-refractivity contribution in [3.05, 3.63) is 12.2 Å². The maximum Gasteiger partial charge on any atom is 0.332 e. The van der Waals surface area contributed by atoms with E-state index in [1.807, 2.05) is 0 Å². The average Bonchev–Trinajstić information content (AvgIpc) is 2.01. The number of carbonyl (C=O) groups is 2. The smallest absolute Gasteiger partial charge is 0.332 e. The Hall–Kier alpha value is -1.32. The fourth-order valence-corrected chi connectivity index (χ4v) is 0.724. The van der Waals surface area contributed by atoms with E-state index in [2.05, 4.69) is 10.1 Å². The minimum absolute atomic E-state index is 0.261. The molecule has 4 heteroatoms. The second kappa shape index (κ2) is 5.35. The van der Waals surface area contributed by atoms with E-state index in [1.165, 1.54) is 14.0 Å². The summed E-state index contributed by atoms with van der Waals surface area (Å²) < 4.78 is 4.46. The first-order valence-electron chi connectivity index (χ1n) is 3.59. The molecule has 0 aliphatic carbocycles. The molecule has 0 aliphatic heterocycles. The Bertz CT molecular complexity index is 198. The molecule has 0 aromatic rings. The van der Waals surface area contributed by atoms with Crippen LogP contribution in [0.15, 0.2) is 12.2 Å². The van der Waals surface area contributed by atoms with E-state index in [1.54, 1.807) is 19.1 Å². The van der Waals surface area contributed by atoms with E-state index in [0.717, 1.165) is 0 Å². The summed E-state index contributed by atoms with van der Waals surface area (Å²) in [5.74, 6) is -0.730. The molecular formula is C8H13NO3. The van der Waals surface area contributed by atoms with Crippen LogP contribution in [0.25, 0.3) is 0 Å². The normalized spacial score (nSPS) is 12.6. The summed E-state index contributed by atoms with van der Waals surface area (Å²) in [5, 5.41) is 2.43. The van der Waals surface area contributed by atoms with Gasteiger partial charge in [0.25, 0.3) is 0 Å². The van der Waals surface area contributed by atoms with Crippen molar-refractivity contribution in [2.45, 2.75) is 19.9 Å². The van der Waals surface area contributed by atoms with Gasteiger partial charge in [0.05, 0.1) is 7.11 Å². The van der Waals surface area contributed by atoms with Gasteiger partial charge in [-0.2, -0.15) is 0 Å². The van der Waals surface area contributed by atoms with Gasteiger partial charge in [0.2, 0.25) is 5.91 Å². The third-order valence-electron chi connectivity index (χ3n) is 1.20. The predicted molar refractivity (Wildman–Crippen MR) is 44.4 cm³/mol. The number of allylic oxidation sites excluding steroid dienone is 1. The lowest BCUT2D eigenvalue weighted by Crippen LogP contribution is -2.38. The van der Waals surface area contributed by atoms with Crippen molar-refractivity contribution >= 4 is 11.9 Å². The van der Waals surface area contributed by atoms with Crippen molar-refractivity contribution < 1.29 is 14.3 Å². The van der Waals surface area contributed by atoms with Crippen molar-refractivity contribution in [2.75, 3.05) is 7.11 Å². The average molecular weight is 171 g/mol. The molecule has 0 saturated carbocycles. The third kappa shape index (κ3) is 3.75. The van der Waals surface area contributed by atoms with E-state index in [0.29, 0.717) is 0 Å². The van der Waals surface area contributed by atoms with Crippen molar-refractivity contribution in [3.8, 4) is 0 Å². The predicted octanol–water partition coefficient (Wildman–Crippen LogP) is 0.240. The van der Waals surface area contributed by atoms with Crippen molar-refractivity contribution in [3.63, 3.8) is 0 Å². The van der Waals surface area contributed by atoms with Crippen LogP contribution in [0.1, 0.15) is 13.8 Å². The zero-order valence-electron chi connectivity index (χ0n) is 7.46. The number of ether oxygens (including phenoxy) is 1. The fraction of sp³-hybridized carbons (Fsp3) is 0.500. The molecule has 0 unspecified atom stereocenters. The molecule has 4 nitrogen and oxygen atoms in total. The third-order valence-corrected chi connectivity index (χ3v) is 1.20. The summed E-state index contributed by atoms with van der Waals surface area (Å²) in [7, 11) is 1.28. The fourth-order valence-electron chi connectivity index (χ4n) is 0.724. The zero-order valence-corrected chi connectivity index (χ0v) is 7.46. The lowest BCUT2D eigenvalue weighted by Gasteiger charge is -2.10. The summed E-state index contributed by atoms with van der Waals surface area (Å²) in [6.45, 7) is 3.11. The zero-order chi connectivity index (χ0) is 9.56. The van der Waals surface area contributed by atoms with Crippen molar-refractivity contribution in [1.82, 2.24) is 5.32 Å². The monoisotopic (exact) mass is 171 g/mol. The Morgan fingerprint density at radius 1 is 1.50 bits per heavy atom. The summed E-state index contributed by atoms with van der Waals surface area (Å²) in [6, 6.07) is -0.669. The number of hydrogen-bond donors (Lipinski definition) is 1. The number of amides is 1. The van der Waals surface area contributed by atoms with Crippen LogP contribution in [0, 0.1) is 0 Å². The van der Waals surface area contributed by atoms with Gasteiger partial charge in [-0.25, -0.2) is 4.79 Å². The van der Waals surface area contributed by atoms with Crippen molar-refractivity contribution in [2.24, 2.45) is 0 Å². The van der Waals surface area contributed by atoms with Gasteiger partial charge in [-0.3, -0.25) is 4.79 Å². The Morgan fingerprint density at radius 2 is 2.08 bits per heavy atom. The van der Waals surface area contributed by atoms with E-state index in [9.17, 15) is 9.59 Å². The maximum absolute atomic E-state index is 10.9. The van der Waals surface area contributed by atoms with E-state index >= 15 is 0 Å². The lowest BCUT2D eigenvalue weighted by atomic mass is 10.2. The van der Waals surface area contributed by atoms with Crippen LogP contribution in [-0.2, 0) is 14.3 Å². The van der Waals surface area contributed by atoms with Crippen LogP contribution in [-0.4, -0.2) is 25.0 Å². The first-order valence-corrected chi connectivity index (χ1v) is 3.59. The first kappa shape index (κ1) is 10.7. The summed E-state index contributed by atoms with van der Waals surface area (Å²) >= 11 is 0. The second-order valence-electron chi connectivity index (χ2n) is 2.23.